The average molecular weight is 428 g/mol. The number of hydrogen-bond donors (Lipinski definition) is 0. The summed E-state index contributed by atoms with van der Waals surface area (Å²) in [6.07, 6.45) is 0.950. The summed E-state index contributed by atoms with van der Waals surface area (Å²) < 4.78 is 10.2. The first-order chi connectivity index (χ1) is 14.5. The van der Waals surface area contributed by atoms with E-state index in [0.717, 1.165) is 11.1 Å². The highest BCUT2D eigenvalue weighted by Gasteiger charge is 2.70. The van der Waals surface area contributed by atoms with Gasteiger partial charge in [0.25, 0.3) is 0 Å². The average Bonchev–Trinajstić information content (AvgIpc) is 3.29. The number of halogens is 1. The second-order valence-corrected chi connectivity index (χ2v) is 8.06. The number of carbonyl (C=O) groups excluding carboxylic acids is 3. The van der Waals surface area contributed by atoms with Crippen molar-refractivity contribution in [3.8, 4) is 0 Å². The first kappa shape index (κ1) is 20.4. The monoisotopic (exact) mass is 427 g/mol. The predicted molar refractivity (Wildman–Crippen MR) is 110 cm³/mol. The van der Waals surface area contributed by atoms with Crippen molar-refractivity contribution in [2.24, 2.45) is 5.92 Å². The minimum atomic E-state index is -1.28. The molecule has 0 saturated carbocycles. The minimum absolute atomic E-state index is 0.366. The topological polar surface area (TPSA) is 72.9 Å². The molecule has 0 unspecified atom stereocenters. The van der Waals surface area contributed by atoms with Gasteiger partial charge < -0.3 is 14.4 Å². The van der Waals surface area contributed by atoms with Crippen molar-refractivity contribution in [2.75, 3.05) is 14.2 Å². The molecule has 2 aliphatic rings. The first-order valence-electron chi connectivity index (χ1n) is 9.75. The van der Waals surface area contributed by atoms with E-state index in [-0.39, 0.29) is 6.04 Å². The molecule has 6 nitrogen and oxygen atoms in total. The third-order valence-electron chi connectivity index (χ3n) is 6.30. The quantitative estimate of drug-likeness (QED) is 0.551. The maximum absolute atomic E-state index is 13.6. The lowest BCUT2D eigenvalue weighted by Gasteiger charge is -2.36. The Morgan fingerprint density at radius 3 is 2.27 bits per heavy atom. The minimum Gasteiger partial charge on any atom is -0.468 e. The van der Waals surface area contributed by atoms with Gasteiger partial charge in [-0.1, -0.05) is 54.1 Å². The van der Waals surface area contributed by atoms with Crippen molar-refractivity contribution in [1.82, 2.24) is 4.90 Å². The van der Waals surface area contributed by atoms with Gasteiger partial charge in [-0.05, 0) is 36.1 Å². The molecule has 2 heterocycles. The molecule has 7 heteroatoms. The fourth-order valence-electron chi connectivity index (χ4n) is 5.11. The zero-order chi connectivity index (χ0) is 21.5. The van der Waals surface area contributed by atoms with Gasteiger partial charge in [0.15, 0.2) is 0 Å². The third-order valence-corrected chi connectivity index (χ3v) is 6.55. The summed E-state index contributed by atoms with van der Waals surface area (Å²) in [4.78, 5) is 41.2. The van der Waals surface area contributed by atoms with Crippen molar-refractivity contribution in [1.29, 1.82) is 0 Å². The molecule has 2 fully saturated rings. The van der Waals surface area contributed by atoms with Crippen molar-refractivity contribution >= 4 is 29.4 Å². The van der Waals surface area contributed by atoms with Gasteiger partial charge in [0, 0.05) is 10.9 Å². The van der Waals surface area contributed by atoms with Crippen molar-refractivity contribution < 1.29 is 23.9 Å². The summed E-state index contributed by atoms with van der Waals surface area (Å²) in [5.74, 6) is -3.41. The van der Waals surface area contributed by atoms with E-state index in [0.29, 0.717) is 17.9 Å². The summed E-state index contributed by atoms with van der Waals surface area (Å²) in [6.45, 7) is 0. The summed E-state index contributed by atoms with van der Waals surface area (Å²) in [5, 5.41) is 0.582. The number of nitrogens with zero attached hydrogens (tertiary/aromatic N) is 1. The highest BCUT2D eigenvalue weighted by atomic mass is 35.5. The lowest BCUT2D eigenvalue weighted by molar-refractivity contribution is -0.157. The van der Waals surface area contributed by atoms with Gasteiger partial charge in [0.2, 0.25) is 5.91 Å². The molecule has 0 N–H and O–H groups in total. The van der Waals surface area contributed by atoms with Crippen LogP contribution in [0.5, 0.6) is 0 Å². The summed E-state index contributed by atoms with van der Waals surface area (Å²) in [6, 6.07) is 16.0. The molecule has 1 amide bonds. The van der Waals surface area contributed by atoms with Crippen molar-refractivity contribution in [2.45, 2.75) is 30.3 Å². The summed E-state index contributed by atoms with van der Waals surface area (Å²) in [7, 11) is 2.56. The van der Waals surface area contributed by atoms with Crippen LogP contribution < -0.4 is 0 Å². The molecule has 0 aliphatic carbocycles. The fourth-order valence-corrected chi connectivity index (χ4v) is 5.23. The van der Waals surface area contributed by atoms with Crippen LogP contribution in [0.15, 0.2) is 54.6 Å². The number of benzene rings is 2. The van der Waals surface area contributed by atoms with Crippen LogP contribution in [0, 0.1) is 5.92 Å². The van der Waals surface area contributed by atoms with E-state index < -0.39 is 35.2 Å². The summed E-state index contributed by atoms with van der Waals surface area (Å²) in [5.41, 5.74) is 0.304. The lowest BCUT2D eigenvalue weighted by atomic mass is 9.74. The molecule has 0 bridgehead atoms. The van der Waals surface area contributed by atoms with Crippen LogP contribution in [0.4, 0.5) is 0 Å². The van der Waals surface area contributed by atoms with E-state index in [2.05, 4.69) is 0 Å². The Balaban J connectivity index is 1.91. The molecule has 4 atom stereocenters. The first-order valence-corrected chi connectivity index (χ1v) is 10.1. The van der Waals surface area contributed by atoms with Crippen LogP contribution in [0.2, 0.25) is 5.02 Å². The van der Waals surface area contributed by atoms with Crippen LogP contribution in [0.1, 0.15) is 35.9 Å². The molecule has 156 valence electrons. The fraction of sp³-hybridized carbons (Fsp3) is 0.348. The zero-order valence-corrected chi connectivity index (χ0v) is 17.5. The molecular formula is C23H22ClNO5. The Bertz CT molecular complexity index is 977. The Kier molecular flexibility index (Phi) is 5.28. The Morgan fingerprint density at radius 1 is 1.00 bits per heavy atom. The van der Waals surface area contributed by atoms with Gasteiger partial charge in [0.05, 0.1) is 20.3 Å². The number of esters is 2. The van der Waals surface area contributed by atoms with Crippen LogP contribution in [-0.2, 0) is 23.9 Å². The number of ether oxygens (including phenoxy) is 2. The second-order valence-electron chi connectivity index (χ2n) is 7.62. The maximum Gasteiger partial charge on any atom is 0.332 e. The van der Waals surface area contributed by atoms with Crippen LogP contribution in [0.3, 0.4) is 0 Å². The Labute approximate surface area is 179 Å². The second kappa shape index (κ2) is 7.76. The summed E-state index contributed by atoms with van der Waals surface area (Å²) >= 11 is 6.03. The van der Waals surface area contributed by atoms with Gasteiger partial charge in [-0.25, -0.2) is 4.79 Å². The number of amides is 1. The Hall–Kier alpha value is -2.86. The Morgan fingerprint density at radius 2 is 1.67 bits per heavy atom. The molecule has 2 aliphatic heterocycles. The highest BCUT2D eigenvalue weighted by molar-refractivity contribution is 6.30. The molecule has 0 aromatic heterocycles. The molecule has 2 aromatic carbocycles. The van der Waals surface area contributed by atoms with Gasteiger partial charge in [-0.15, -0.1) is 0 Å². The molecular weight excluding hydrogens is 406 g/mol. The number of carbonyl (C=O) groups is 3. The normalized spacial score (nSPS) is 27.6. The van der Waals surface area contributed by atoms with E-state index in [1.54, 1.807) is 17.0 Å². The lowest BCUT2D eigenvalue weighted by Crippen LogP contribution is -2.51. The standard InChI is InChI=1S/C23H22ClNO5/c1-29-21(27)18-19(15-6-4-3-5-7-15)23(22(28)30-2)13-12-17(25(23)20(18)26)14-8-10-16(24)11-9-14/h3-11,17-19H,12-13H2,1-2H3/t17-,18+,19+,23+/m0/s1. The van der Waals surface area contributed by atoms with Crippen LogP contribution >= 0.6 is 11.6 Å². The van der Waals surface area contributed by atoms with E-state index in [1.165, 1.54) is 14.2 Å². The number of hydrogen-bond acceptors (Lipinski definition) is 5. The number of methoxy groups -OCH3 is 2. The van der Waals surface area contributed by atoms with Gasteiger partial charge in [-0.2, -0.15) is 0 Å². The smallest absolute Gasteiger partial charge is 0.332 e. The van der Waals surface area contributed by atoms with Crippen LogP contribution in [-0.4, -0.2) is 42.5 Å². The SMILES string of the molecule is COC(=O)[C@H]1C(=O)N2[C@H](c3ccc(Cl)cc3)CC[C@]2(C(=O)OC)[C@@H]1c1ccccc1. The van der Waals surface area contributed by atoms with Gasteiger partial charge in [0.1, 0.15) is 11.5 Å². The highest BCUT2D eigenvalue weighted by Crippen LogP contribution is 2.58. The largest absolute Gasteiger partial charge is 0.468 e. The van der Waals surface area contributed by atoms with E-state index >= 15 is 0 Å². The number of rotatable bonds is 4. The van der Waals surface area contributed by atoms with Crippen LogP contribution in [0.25, 0.3) is 0 Å². The maximum atomic E-state index is 13.6. The van der Waals surface area contributed by atoms with E-state index in [9.17, 15) is 14.4 Å². The predicted octanol–water partition coefficient (Wildman–Crippen LogP) is 3.50. The molecule has 30 heavy (non-hydrogen) atoms. The molecule has 2 saturated heterocycles. The third kappa shape index (κ3) is 2.89. The van der Waals surface area contributed by atoms with Crippen molar-refractivity contribution in [3.05, 3.63) is 70.7 Å². The van der Waals surface area contributed by atoms with Gasteiger partial charge >= 0.3 is 11.9 Å². The van der Waals surface area contributed by atoms with Crippen molar-refractivity contribution in [3.63, 3.8) is 0 Å². The zero-order valence-electron chi connectivity index (χ0n) is 16.7. The van der Waals surface area contributed by atoms with E-state index in [4.69, 9.17) is 21.1 Å². The van der Waals surface area contributed by atoms with Gasteiger partial charge in [-0.3, -0.25) is 9.59 Å². The molecule has 2 aromatic rings. The molecule has 0 radical (unpaired) electrons. The molecule has 4 rings (SSSR count). The number of fused-ring (bicyclic) bond motifs is 1. The molecule has 0 spiro atoms. The van der Waals surface area contributed by atoms with E-state index in [1.807, 2.05) is 42.5 Å².